The summed E-state index contributed by atoms with van der Waals surface area (Å²) in [5.74, 6) is -0.568. The number of carbonyl (C=O) groups is 3. The summed E-state index contributed by atoms with van der Waals surface area (Å²) in [5, 5.41) is 20.9. The zero-order chi connectivity index (χ0) is 50.9. The summed E-state index contributed by atoms with van der Waals surface area (Å²) in [6.45, 7) is 4.29. The summed E-state index contributed by atoms with van der Waals surface area (Å²) in [6.07, 6.45) is 23.8. The van der Waals surface area contributed by atoms with E-state index in [4.69, 9.17) is 29.0 Å². The Morgan fingerprint density at radius 1 is 0.768 bits per heavy atom. The number of nitrogens with zero attached hydrogens (tertiary/aromatic N) is 2. The van der Waals surface area contributed by atoms with Crippen LogP contribution in [0.5, 0.6) is 0 Å². The summed E-state index contributed by atoms with van der Waals surface area (Å²) in [7, 11) is -10.9. The normalized spacial score (nSPS) is 19.5. The highest BCUT2D eigenvalue weighted by Gasteiger charge is 2.46. The van der Waals surface area contributed by atoms with Gasteiger partial charge in [-0.3, -0.25) is 28.0 Å². The van der Waals surface area contributed by atoms with Gasteiger partial charge in [-0.25, -0.2) is 13.9 Å². The number of aliphatic hydroxyl groups is 2. The van der Waals surface area contributed by atoms with Crippen molar-refractivity contribution in [2.75, 3.05) is 25.6 Å². The van der Waals surface area contributed by atoms with Crippen molar-refractivity contribution in [3.63, 3.8) is 0 Å². The molecule has 0 aromatic carbocycles. The average molecular weight is 1020 g/mol. The van der Waals surface area contributed by atoms with Crippen LogP contribution < -0.4 is 11.4 Å². The van der Waals surface area contributed by atoms with Crippen molar-refractivity contribution in [3.05, 3.63) is 47.1 Å². The lowest BCUT2D eigenvalue weighted by Crippen LogP contribution is -2.36. The van der Waals surface area contributed by atoms with Crippen molar-refractivity contribution in [2.45, 2.75) is 212 Å². The molecule has 396 valence electrons. The van der Waals surface area contributed by atoms with Gasteiger partial charge in [-0.1, -0.05) is 148 Å². The molecule has 19 nitrogen and oxygen atoms in total. The molecule has 0 bridgehead atoms. The summed E-state index contributed by atoms with van der Waals surface area (Å²) in [4.78, 5) is 74.0. The number of aliphatic hydroxyl groups excluding tert-OH is 2. The zero-order valence-electron chi connectivity index (χ0n) is 41.3. The number of phosphoric ester groups is 2. The molecule has 21 heteroatoms. The van der Waals surface area contributed by atoms with E-state index < -0.39 is 83.7 Å². The Labute approximate surface area is 409 Å². The van der Waals surface area contributed by atoms with Crippen LogP contribution in [0.3, 0.4) is 0 Å². The zero-order valence-corrected chi connectivity index (χ0v) is 43.1. The molecule has 1 aromatic rings. The second-order valence-corrected chi connectivity index (χ2v) is 21.2. The fourth-order valence-electron chi connectivity index (χ4n) is 7.48. The van der Waals surface area contributed by atoms with Crippen LogP contribution in [0, 0.1) is 5.92 Å². The van der Waals surface area contributed by atoms with E-state index in [-0.39, 0.29) is 24.4 Å². The molecule has 0 spiro atoms. The van der Waals surface area contributed by atoms with Crippen molar-refractivity contribution >= 4 is 39.2 Å². The van der Waals surface area contributed by atoms with E-state index in [1.807, 2.05) is 6.08 Å². The second-order valence-electron chi connectivity index (χ2n) is 18.2. The first-order valence-electron chi connectivity index (χ1n) is 25.2. The van der Waals surface area contributed by atoms with Gasteiger partial charge in [-0.15, -0.1) is 0 Å². The number of hydrogen-bond donors (Lipinski definition) is 5. The highest BCUT2D eigenvalue weighted by Crippen LogP contribution is 2.60. The van der Waals surface area contributed by atoms with E-state index >= 15 is 0 Å². The standard InChI is InChI=1S/C48H83N3O16P2/c1-4-5-6-7-14-19-24-29-39(52)30-25-20-17-22-27-32-44(54)65-40(35-62-43(53)31-26-21-16-13-11-9-8-10-12-15-18-23-28-38(2)3)36-63-68(58,59)67-69(60,61)64-37-41-45(55)46(56)47(66-41)51-34-33-42(49)50-48(51)57/h14,19,24,29,33-34,38,40-41,45-47,55-56H,4-13,15-18,20-23,25-28,30-32,35-37H2,1-3H3,(H,58,59)(H,60,61)(H2,49,50,57)/b19-14-,29-24+/t40-,41-,45-,46-,47-/m1/s1. The van der Waals surface area contributed by atoms with Crippen LogP contribution >= 0.6 is 15.6 Å². The summed E-state index contributed by atoms with van der Waals surface area (Å²) >= 11 is 0. The quantitative estimate of drug-likeness (QED) is 0.0134. The van der Waals surface area contributed by atoms with Crippen molar-refractivity contribution in [3.8, 4) is 0 Å². The molecule has 1 aliphatic rings. The number of ether oxygens (including phenoxy) is 3. The molecule has 0 radical (unpaired) electrons. The number of esters is 2. The Kier molecular flexibility index (Phi) is 32.3. The molecule has 7 atom stereocenters. The van der Waals surface area contributed by atoms with Gasteiger partial charge in [0.25, 0.3) is 0 Å². The number of phosphoric acid groups is 2. The number of ketones is 1. The van der Waals surface area contributed by atoms with Gasteiger partial charge in [-0.2, -0.15) is 9.29 Å². The Balaban J connectivity index is 1.83. The smallest absolute Gasteiger partial charge is 0.462 e. The molecule has 69 heavy (non-hydrogen) atoms. The summed E-state index contributed by atoms with van der Waals surface area (Å²) in [6, 6.07) is 1.24. The number of nitrogens with two attached hydrogens (primary N) is 1. The molecule has 1 aromatic heterocycles. The monoisotopic (exact) mass is 1020 g/mol. The van der Waals surface area contributed by atoms with Gasteiger partial charge in [-0.05, 0) is 50.2 Å². The van der Waals surface area contributed by atoms with Crippen molar-refractivity contribution in [1.82, 2.24) is 9.55 Å². The molecule has 2 heterocycles. The van der Waals surface area contributed by atoms with E-state index in [0.717, 1.165) is 74.5 Å². The van der Waals surface area contributed by atoms with Gasteiger partial charge >= 0.3 is 33.3 Å². The minimum Gasteiger partial charge on any atom is -0.462 e. The number of carbonyl (C=O) groups excluding carboxylic acids is 3. The number of aromatic nitrogens is 2. The minimum atomic E-state index is -5.45. The van der Waals surface area contributed by atoms with Gasteiger partial charge in [0.05, 0.1) is 13.2 Å². The van der Waals surface area contributed by atoms with Crippen LogP contribution in [-0.2, 0) is 51.1 Å². The largest absolute Gasteiger partial charge is 0.481 e. The topological polar surface area (TPSA) is 283 Å². The van der Waals surface area contributed by atoms with Crippen LogP contribution in [0.2, 0.25) is 0 Å². The van der Waals surface area contributed by atoms with Crippen LogP contribution in [0.15, 0.2) is 41.4 Å². The Bertz CT molecular complexity index is 1830. The Hall–Kier alpha value is -3.09. The van der Waals surface area contributed by atoms with Crippen LogP contribution in [0.4, 0.5) is 5.82 Å². The van der Waals surface area contributed by atoms with E-state index in [9.17, 15) is 48.3 Å². The summed E-state index contributed by atoms with van der Waals surface area (Å²) < 4.78 is 56.7. The molecular formula is C48H83N3O16P2. The highest BCUT2D eigenvalue weighted by molar-refractivity contribution is 7.61. The lowest BCUT2D eigenvalue weighted by atomic mass is 10.0. The molecule has 2 rings (SSSR count). The van der Waals surface area contributed by atoms with E-state index in [0.29, 0.717) is 32.1 Å². The average Bonchev–Trinajstić information content (AvgIpc) is 3.56. The number of anilines is 1. The Morgan fingerprint density at radius 2 is 1.33 bits per heavy atom. The van der Waals surface area contributed by atoms with Crippen molar-refractivity contribution in [2.24, 2.45) is 5.92 Å². The minimum absolute atomic E-state index is 0.0315. The molecule has 1 fully saturated rings. The first kappa shape index (κ1) is 62.0. The molecule has 0 aliphatic carbocycles. The number of rotatable bonds is 41. The number of hydrogen-bond acceptors (Lipinski definition) is 16. The number of unbranched alkanes of at least 4 members (excludes halogenated alkanes) is 18. The van der Waals surface area contributed by atoms with E-state index in [1.165, 1.54) is 63.9 Å². The third-order valence-electron chi connectivity index (χ3n) is 11.4. The Morgan fingerprint density at radius 3 is 1.93 bits per heavy atom. The van der Waals surface area contributed by atoms with Crippen molar-refractivity contribution in [1.29, 1.82) is 0 Å². The van der Waals surface area contributed by atoms with Gasteiger partial charge in [0.15, 0.2) is 18.1 Å². The van der Waals surface area contributed by atoms with Crippen LogP contribution in [0.25, 0.3) is 0 Å². The maximum Gasteiger partial charge on any atom is 0.481 e. The predicted molar refractivity (Wildman–Crippen MR) is 262 cm³/mol. The maximum absolute atomic E-state index is 12.8. The van der Waals surface area contributed by atoms with Crippen molar-refractivity contribution < 1.29 is 71.1 Å². The van der Waals surface area contributed by atoms with Gasteiger partial charge in [0, 0.05) is 25.5 Å². The molecule has 6 N–H and O–H groups in total. The molecular weight excluding hydrogens is 936 g/mol. The first-order valence-corrected chi connectivity index (χ1v) is 28.2. The van der Waals surface area contributed by atoms with E-state index in [2.05, 4.69) is 36.1 Å². The molecule has 1 aliphatic heterocycles. The van der Waals surface area contributed by atoms with Crippen LogP contribution in [0.1, 0.15) is 188 Å². The molecule has 2 unspecified atom stereocenters. The number of allylic oxidation sites excluding steroid dienone is 4. The first-order chi connectivity index (χ1) is 32.9. The van der Waals surface area contributed by atoms with Gasteiger partial charge in [0.1, 0.15) is 30.7 Å². The predicted octanol–water partition coefficient (Wildman–Crippen LogP) is 9.26. The molecule has 0 amide bonds. The second kappa shape index (κ2) is 35.9. The SMILES string of the molecule is CCCCC/C=C\C=C\C(=O)CCCCCCCC(=O)O[C@H](COC(=O)CCCCCCCCCCCCCCC(C)C)COP(=O)(O)OP(=O)(O)OC[C@H]1O[C@@H](n2ccc(N)nc2=O)[C@H](O)[C@@H]1O. The molecule has 0 saturated carbocycles. The maximum atomic E-state index is 12.8. The number of nitrogen functional groups attached to an aromatic ring is 1. The fourth-order valence-corrected chi connectivity index (χ4v) is 9.59. The lowest BCUT2D eigenvalue weighted by Gasteiger charge is -2.21. The molecule has 1 saturated heterocycles. The van der Waals surface area contributed by atoms with E-state index in [1.54, 1.807) is 12.2 Å². The summed E-state index contributed by atoms with van der Waals surface area (Å²) in [5.41, 5.74) is 4.57. The fraction of sp³-hybridized carbons (Fsp3) is 0.771. The third-order valence-corrected chi connectivity index (χ3v) is 14.0. The van der Waals surface area contributed by atoms with Gasteiger partial charge < -0.3 is 39.9 Å². The highest BCUT2D eigenvalue weighted by atomic mass is 31.3. The lowest BCUT2D eigenvalue weighted by molar-refractivity contribution is -0.161. The van der Waals surface area contributed by atoms with Gasteiger partial charge in [0.2, 0.25) is 0 Å². The van der Waals surface area contributed by atoms with Crippen LogP contribution in [-0.4, -0.2) is 91.5 Å². The third kappa shape index (κ3) is 29.8.